The molecule has 1 aliphatic carbocycles. The Morgan fingerprint density at radius 1 is 1.06 bits per heavy atom. The lowest BCUT2D eigenvalue weighted by molar-refractivity contribution is -0.129. The average molecular weight is 452 g/mol. The van der Waals surface area contributed by atoms with Crippen molar-refractivity contribution in [3.63, 3.8) is 0 Å². The lowest BCUT2D eigenvalue weighted by Gasteiger charge is -2.35. The molecule has 8 nitrogen and oxygen atoms in total. The Hall–Kier alpha value is -4.20. The molecule has 2 aliphatic rings. The van der Waals surface area contributed by atoms with Crippen LogP contribution in [0.25, 0.3) is 23.0 Å². The van der Waals surface area contributed by atoms with Crippen LogP contribution in [-0.2, 0) is 11.2 Å². The summed E-state index contributed by atoms with van der Waals surface area (Å²) < 4.78 is 1.99. The second-order valence-corrected chi connectivity index (χ2v) is 8.67. The molecule has 0 atom stereocenters. The molecule has 0 bridgehead atoms. The number of hydrogen-bond acceptors (Lipinski definition) is 6. The standard InChI is InChI=1S/C26H25N7O/c1-18(34)31-11-13-32(14-12-31)22-7-5-21(6-8-22)29-25-26-27-9-10-33(26)17-24(30-25)20-15-19-3-2-4-23(19)28-16-20/h2,4-10,15-17H,3,11-14H2,1H3,(H,29,30). The largest absolute Gasteiger partial charge is 0.368 e. The maximum Gasteiger partial charge on any atom is 0.219 e. The molecule has 170 valence electrons. The molecule has 4 heterocycles. The molecular weight excluding hydrogens is 426 g/mol. The topological polar surface area (TPSA) is 78.7 Å². The van der Waals surface area contributed by atoms with E-state index in [2.05, 4.69) is 62.7 Å². The fraction of sp³-hybridized carbons (Fsp3) is 0.231. The highest BCUT2D eigenvalue weighted by atomic mass is 16.2. The second kappa shape index (κ2) is 8.30. The van der Waals surface area contributed by atoms with E-state index in [1.54, 1.807) is 13.1 Å². The summed E-state index contributed by atoms with van der Waals surface area (Å²) in [4.78, 5) is 29.8. The van der Waals surface area contributed by atoms with E-state index in [0.29, 0.717) is 5.82 Å². The molecule has 1 aromatic carbocycles. The first-order chi connectivity index (χ1) is 16.6. The van der Waals surface area contributed by atoms with Crippen LogP contribution < -0.4 is 10.2 Å². The van der Waals surface area contributed by atoms with Crippen LogP contribution in [0.1, 0.15) is 18.2 Å². The number of carbonyl (C=O) groups is 1. The number of nitrogens with zero attached hydrogens (tertiary/aromatic N) is 6. The van der Waals surface area contributed by atoms with Crippen LogP contribution in [0, 0.1) is 0 Å². The van der Waals surface area contributed by atoms with E-state index in [1.165, 1.54) is 5.56 Å². The van der Waals surface area contributed by atoms with Gasteiger partial charge in [0, 0.05) is 74.8 Å². The minimum Gasteiger partial charge on any atom is -0.368 e. The van der Waals surface area contributed by atoms with Crippen molar-refractivity contribution in [2.24, 2.45) is 0 Å². The van der Waals surface area contributed by atoms with Crippen LogP contribution >= 0.6 is 0 Å². The summed E-state index contributed by atoms with van der Waals surface area (Å²) in [6.07, 6.45) is 12.7. The molecule has 0 unspecified atom stereocenters. The average Bonchev–Trinajstić information content (AvgIpc) is 3.53. The van der Waals surface area contributed by atoms with Crippen molar-refractivity contribution in [3.05, 3.63) is 72.5 Å². The molecule has 3 aromatic heterocycles. The van der Waals surface area contributed by atoms with Gasteiger partial charge < -0.3 is 19.5 Å². The molecule has 1 aliphatic heterocycles. The van der Waals surface area contributed by atoms with Gasteiger partial charge in [-0.25, -0.2) is 9.97 Å². The van der Waals surface area contributed by atoms with Gasteiger partial charge in [-0.2, -0.15) is 0 Å². The molecule has 0 spiro atoms. The van der Waals surface area contributed by atoms with Crippen molar-refractivity contribution in [1.29, 1.82) is 0 Å². The van der Waals surface area contributed by atoms with Crippen molar-refractivity contribution in [2.75, 3.05) is 36.4 Å². The van der Waals surface area contributed by atoms with Crippen molar-refractivity contribution in [1.82, 2.24) is 24.3 Å². The van der Waals surface area contributed by atoms with Gasteiger partial charge >= 0.3 is 0 Å². The van der Waals surface area contributed by atoms with Crippen LogP contribution in [0.15, 0.2) is 61.2 Å². The predicted octanol–water partition coefficient (Wildman–Crippen LogP) is 3.77. The number of fused-ring (bicyclic) bond motifs is 2. The minimum atomic E-state index is 0.145. The molecule has 8 heteroatoms. The van der Waals surface area contributed by atoms with Crippen LogP contribution in [0.4, 0.5) is 17.2 Å². The van der Waals surface area contributed by atoms with Crippen LogP contribution in [-0.4, -0.2) is 56.3 Å². The highest BCUT2D eigenvalue weighted by Crippen LogP contribution is 2.28. The maximum absolute atomic E-state index is 11.6. The second-order valence-electron chi connectivity index (χ2n) is 8.67. The molecule has 4 aromatic rings. The van der Waals surface area contributed by atoms with E-state index in [9.17, 15) is 4.79 Å². The van der Waals surface area contributed by atoms with Gasteiger partial charge in [-0.1, -0.05) is 6.08 Å². The van der Waals surface area contributed by atoms with E-state index in [0.717, 1.165) is 66.6 Å². The fourth-order valence-electron chi connectivity index (χ4n) is 4.60. The highest BCUT2D eigenvalue weighted by molar-refractivity contribution is 5.75. The Bertz CT molecular complexity index is 1400. The smallest absolute Gasteiger partial charge is 0.219 e. The zero-order valence-corrected chi connectivity index (χ0v) is 19.0. The molecule has 0 saturated carbocycles. The SMILES string of the molecule is CC(=O)N1CCN(c2ccc(Nc3nc(-c4cnc5c(c4)CC=C5)cn4ccnc34)cc2)CC1. The molecule has 1 saturated heterocycles. The number of anilines is 3. The number of imidazole rings is 1. The Morgan fingerprint density at radius 3 is 2.68 bits per heavy atom. The number of hydrogen-bond donors (Lipinski definition) is 1. The van der Waals surface area contributed by atoms with Gasteiger partial charge in [0.25, 0.3) is 0 Å². The molecular formula is C26H25N7O. The van der Waals surface area contributed by atoms with E-state index in [1.807, 2.05) is 27.9 Å². The fourth-order valence-corrected chi connectivity index (χ4v) is 4.60. The zero-order valence-electron chi connectivity index (χ0n) is 19.0. The third-order valence-corrected chi connectivity index (χ3v) is 6.50. The van der Waals surface area contributed by atoms with Crippen LogP contribution in [0.2, 0.25) is 0 Å². The monoisotopic (exact) mass is 451 g/mol. The third kappa shape index (κ3) is 3.77. The van der Waals surface area contributed by atoms with E-state index >= 15 is 0 Å². The predicted molar refractivity (Wildman–Crippen MR) is 133 cm³/mol. The van der Waals surface area contributed by atoms with Crippen molar-refractivity contribution < 1.29 is 4.79 Å². The maximum atomic E-state index is 11.6. The van der Waals surface area contributed by atoms with Gasteiger partial charge in [0.2, 0.25) is 5.91 Å². The molecule has 6 rings (SSSR count). The molecule has 0 radical (unpaired) electrons. The lowest BCUT2D eigenvalue weighted by Crippen LogP contribution is -2.48. The van der Waals surface area contributed by atoms with Gasteiger partial charge in [0.05, 0.1) is 11.4 Å². The number of aromatic nitrogens is 4. The van der Waals surface area contributed by atoms with Crippen LogP contribution in [0.5, 0.6) is 0 Å². The molecule has 1 amide bonds. The summed E-state index contributed by atoms with van der Waals surface area (Å²) in [5.41, 5.74) is 6.95. The van der Waals surface area contributed by atoms with E-state index < -0.39 is 0 Å². The molecule has 1 fully saturated rings. The third-order valence-electron chi connectivity index (χ3n) is 6.50. The summed E-state index contributed by atoms with van der Waals surface area (Å²) >= 11 is 0. The van der Waals surface area contributed by atoms with E-state index in [4.69, 9.17) is 4.98 Å². The first-order valence-corrected chi connectivity index (χ1v) is 11.5. The lowest BCUT2D eigenvalue weighted by atomic mass is 10.1. The number of benzene rings is 1. The first-order valence-electron chi connectivity index (χ1n) is 11.5. The van der Waals surface area contributed by atoms with Crippen molar-refractivity contribution >= 4 is 34.8 Å². The Labute approximate surface area is 197 Å². The number of piperazine rings is 1. The van der Waals surface area contributed by atoms with Gasteiger partial charge in [-0.05, 0) is 48.4 Å². The molecule has 1 N–H and O–H groups in total. The summed E-state index contributed by atoms with van der Waals surface area (Å²) in [7, 11) is 0. The summed E-state index contributed by atoms with van der Waals surface area (Å²) in [5, 5.41) is 3.45. The highest BCUT2D eigenvalue weighted by Gasteiger charge is 2.19. The Balaban J connectivity index is 1.24. The normalized spacial score (nSPS) is 15.1. The number of pyridine rings is 1. The van der Waals surface area contributed by atoms with Gasteiger partial charge in [-0.3, -0.25) is 9.78 Å². The Kier molecular flexibility index (Phi) is 4.98. The molecule has 34 heavy (non-hydrogen) atoms. The number of nitrogens with one attached hydrogen (secondary N) is 1. The van der Waals surface area contributed by atoms with Gasteiger partial charge in [-0.15, -0.1) is 0 Å². The summed E-state index contributed by atoms with van der Waals surface area (Å²) in [6.45, 7) is 4.84. The number of amides is 1. The number of allylic oxidation sites excluding steroid dienone is 1. The van der Waals surface area contributed by atoms with E-state index in [-0.39, 0.29) is 5.91 Å². The Morgan fingerprint density at radius 2 is 1.88 bits per heavy atom. The van der Waals surface area contributed by atoms with Crippen molar-refractivity contribution in [2.45, 2.75) is 13.3 Å². The quantitative estimate of drug-likeness (QED) is 0.509. The zero-order chi connectivity index (χ0) is 23.1. The van der Waals surface area contributed by atoms with Crippen molar-refractivity contribution in [3.8, 4) is 11.3 Å². The number of carbonyl (C=O) groups excluding carboxylic acids is 1. The van der Waals surface area contributed by atoms with Gasteiger partial charge in [0.15, 0.2) is 11.5 Å². The minimum absolute atomic E-state index is 0.145. The summed E-state index contributed by atoms with van der Waals surface area (Å²) in [6, 6.07) is 10.5. The van der Waals surface area contributed by atoms with Gasteiger partial charge in [0.1, 0.15) is 0 Å². The van der Waals surface area contributed by atoms with Crippen LogP contribution in [0.3, 0.4) is 0 Å². The first kappa shape index (κ1) is 20.4. The summed E-state index contributed by atoms with van der Waals surface area (Å²) in [5.74, 6) is 0.843. The number of rotatable bonds is 4.